The minimum Gasteiger partial charge on any atom is -0.347 e. The van der Waals surface area contributed by atoms with Gasteiger partial charge in [0.1, 0.15) is 10.6 Å². The van der Waals surface area contributed by atoms with Crippen molar-refractivity contribution in [2.24, 2.45) is 0 Å². The minimum absolute atomic E-state index is 0.0473. The lowest BCUT2D eigenvalue weighted by molar-refractivity contribution is -0.392. The van der Waals surface area contributed by atoms with Crippen LogP contribution < -0.4 is 0 Å². The highest BCUT2D eigenvalue weighted by Crippen LogP contribution is 2.54. The highest BCUT2D eigenvalue weighted by Gasteiger charge is 2.73. The van der Waals surface area contributed by atoms with Gasteiger partial charge >= 0.3 is 12.4 Å². The van der Waals surface area contributed by atoms with Crippen molar-refractivity contribution >= 4 is 9.84 Å². The second-order valence-corrected chi connectivity index (χ2v) is 11.3. The molecule has 0 bridgehead atoms. The van der Waals surface area contributed by atoms with Gasteiger partial charge in [-0.2, -0.15) is 26.3 Å². The summed E-state index contributed by atoms with van der Waals surface area (Å²) < 4.78 is 129. The quantitative estimate of drug-likeness (QED) is 0.230. The van der Waals surface area contributed by atoms with Crippen LogP contribution in [0.2, 0.25) is 0 Å². The molecule has 1 aromatic heterocycles. The molecule has 1 aliphatic carbocycles. The Balaban J connectivity index is 1.80. The van der Waals surface area contributed by atoms with Crippen LogP contribution in [0.4, 0.5) is 30.7 Å². The van der Waals surface area contributed by atoms with E-state index in [9.17, 15) is 39.2 Å². The van der Waals surface area contributed by atoms with Crippen LogP contribution in [0.3, 0.4) is 0 Å². The van der Waals surface area contributed by atoms with Crippen LogP contribution in [0.1, 0.15) is 42.5 Å². The largest absolute Gasteiger partial charge is 0.430 e. The third kappa shape index (κ3) is 4.68. The number of sulfone groups is 1. The highest BCUT2D eigenvalue weighted by atomic mass is 32.2. The summed E-state index contributed by atoms with van der Waals surface area (Å²) in [6, 6.07) is 11.3. The molecule has 0 spiro atoms. The van der Waals surface area contributed by atoms with E-state index in [0.717, 1.165) is 36.4 Å². The van der Waals surface area contributed by atoms with Crippen molar-refractivity contribution in [1.29, 1.82) is 0 Å². The minimum atomic E-state index is -5.91. The number of halogens is 7. The first-order valence-electron chi connectivity index (χ1n) is 11.5. The number of aromatic nitrogens is 1. The maximum absolute atomic E-state index is 14.2. The van der Waals surface area contributed by atoms with E-state index in [2.05, 4.69) is 9.72 Å². The number of hydrogen-bond donors (Lipinski definition) is 0. The number of pyridine rings is 1. The number of benzene rings is 2. The van der Waals surface area contributed by atoms with Crippen molar-refractivity contribution in [1.82, 2.24) is 4.98 Å². The van der Waals surface area contributed by atoms with E-state index in [-0.39, 0.29) is 29.0 Å². The second kappa shape index (κ2) is 9.96. The molecule has 0 atom stereocenters. The van der Waals surface area contributed by atoms with Crippen molar-refractivity contribution < 1.29 is 43.9 Å². The van der Waals surface area contributed by atoms with E-state index < -0.39 is 50.5 Å². The summed E-state index contributed by atoms with van der Waals surface area (Å²) in [7, 11) is -4.17. The number of rotatable bonds is 7. The molecule has 0 amide bonds. The Bertz CT molecular complexity index is 1340. The zero-order valence-electron chi connectivity index (χ0n) is 19.7. The SMILES string of the molecule is O=S(=O)(c1ccc(F)cc1)C1(c2ccc(C(OCc3ccccn3)(C(F)(F)F)C(F)(F)F)cc2)CCCC1. The summed E-state index contributed by atoms with van der Waals surface area (Å²) >= 11 is 0. The summed E-state index contributed by atoms with van der Waals surface area (Å²) in [5.74, 6) is -0.657. The van der Waals surface area contributed by atoms with Gasteiger partial charge in [0, 0.05) is 11.8 Å². The maximum Gasteiger partial charge on any atom is 0.430 e. The Morgan fingerprint density at radius 2 is 1.39 bits per heavy atom. The molecule has 3 aromatic rings. The van der Waals surface area contributed by atoms with Crippen molar-refractivity contribution in [3.05, 3.63) is 95.6 Å². The van der Waals surface area contributed by atoms with Gasteiger partial charge in [-0.15, -0.1) is 0 Å². The van der Waals surface area contributed by atoms with Gasteiger partial charge in [0.25, 0.3) is 5.60 Å². The van der Waals surface area contributed by atoms with Crippen LogP contribution in [0.5, 0.6) is 0 Å². The Hall–Kier alpha value is -2.99. The maximum atomic E-state index is 14.2. The number of hydrogen-bond acceptors (Lipinski definition) is 4. The molecule has 4 nitrogen and oxygen atoms in total. The average Bonchev–Trinajstić information content (AvgIpc) is 3.36. The standard InChI is InChI=1S/C26H22F7NO3S/c27-20-10-12-22(13-11-20)38(35,36)23(14-2-3-15-23)18-6-8-19(9-7-18)24(25(28,29)30,26(31,32)33)37-17-21-5-1-4-16-34-21/h1,4-13,16H,2-3,14-15,17H2. The van der Waals surface area contributed by atoms with Gasteiger partial charge in [-0.25, -0.2) is 12.8 Å². The summed E-state index contributed by atoms with van der Waals surface area (Å²) in [5, 5.41) is 0. The van der Waals surface area contributed by atoms with Crippen molar-refractivity contribution in [3.8, 4) is 0 Å². The van der Waals surface area contributed by atoms with E-state index in [0.29, 0.717) is 25.0 Å². The van der Waals surface area contributed by atoms with Crippen LogP contribution in [-0.2, 0) is 31.5 Å². The van der Waals surface area contributed by atoms with Gasteiger partial charge in [-0.1, -0.05) is 43.2 Å². The molecular weight excluding hydrogens is 539 g/mol. The lowest BCUT2D eigenvalue weighted by Crippen LogP contribution is -2.55. The molecule has 38 heavy (non-hydrogen) atoms. The predicted molar refractivity (Wildman–Crippen MR) is 123 cm³/mol. The lowest BCUT2D eigenvalue weighted by atomic mass is 9.88. The second-order valence-electron chi connectivity index (χ2n) is 9.02. The molecular formula is C26H22F7NO3S. The lowest BCUT2D eigenvalue weighted by Gasteiger charge is -2.38. The summed E-state index contributed by atoms with van der Waals surface area (Å²) in [6.45, 7) is -1.08. The van der Waals surface area contributed by atoms with Gasteiger partial charge < -0.3 is 4.74 Å². The average molecular weight is 562 g/mol. The molecule has 0 unspecified atom stereocenters. The molecule has 1 fully saturated rings. The molecule has 204 valence electrons. The van der Waals surface area contributed by atoms with E-state index in [1.54, 1.807) is 0 Å². The van der Waals surface area contributed by atoms with Gasteiger partial charge in [0.05, 0.1) is 17.2 Å². The molecule has 0 aliphatic heterocycles. The molecule has 0 N–H and O–H groups in total. The number of ether oxygens (including phenoxy) is 1. The Kier molecular flexibility index (Phi) is 7.34. The number of alkyl halides is 6. The normalized spacial score (nSPS) is 16.5. The van der Waals surface area contributed by atoms with Gasteiger partial charge in [0.15, 0.2) is 9.84 Å². The van der Waals surface area contributed by atoms with Crippen LogP contribution >= 0.6 is 0 Å². The molecule has 1 heterocycles. The third-order valence-corrected chi connectivity index (χ3v) is 9.39. The first-order valence-corrected chi connectivity index (χ1v) is 13.0. The zero-order valence-corrected chi connectivity index (χ0v) is 20.5. The topological polar surface area (TPSA) is 56.3 Å². The summed E-state index contributed by atoms with van der Waals surface area (Å²) in [4.78, 5) is 3.54. The van der Waals surface area contributed by atoms with Crippen LogP contribution in [0, 0.1) is 5.82 Å². The first kappa shape index (κ1) is 28.0. The smallest absolute Gasteiger partial charge is 0.347 e. The zero-order chi connectivity index (χ0) is 27.8. The van der Waals surface area contributed by atoms with Crippen molar-refractivity contribution in [3.63, 3.8) is 0 Å². The molecule has 2 aromatic carbocycles. The highest BCUT2D eigenvalue weighted by molar-refractivity contribution is 7.92. The molecule has 0 radical (unpaired) electrons. The van der Waals surface area contributed by atoms with Gasteiger partial charge in [-0.3, -0.25) is 4.98 Å². The monoisotopic (exact) mass is 561 g/mol. The third-order valence-electron chi connectivity index (χ3n) is 6.83. The summed E-state index contributed by atoms with van der Waals surface area (Å²) in [5.41, 5.74) is -6.03. The Morgan fingerprint density at radius 1 is 0.816 bits per heavy atom. The molecule has 12 heteroatoms. The predicted octanol–water partition coefficient (Wildman–Crippen LogP) is 7.00. The van der Waals surface area contributed by atoms with Crippen LogP contribution in [0.25, 0.3) is 0 Å². The fraction of sp³-hybridized carbons (Fsp3) is 0.346. The Labute approximate surface area is 214 Å². The molecule has 4 rings (SSSR count). The Morgan fingerprint density at radius 3 is 1.89 bits per heavy atom. The number of nitrogens with zero attached hydrogens (tertiary/aromatic N) is 1. The molecule has 1 saturated carbocycles. The molecule has 1 aliphatic rings. The fourth-order valence-corrected chi connectivity index (χ4v) is 7.13. The van der Waals surface area contributed by atoms with Crippen LogP contribution in [0.15, 0.2) is 77.8 Å². The van der Waals surface area contributed by atoms with Crippen molar-refractivity contribution in [2.75, 3.05) is 0 Å². The fourth-order valence-electron chi connectivity index (χ4n) is 4.91. The van der Waals surface area contributed by atoms with E-state index in [1.165, 1.54) is 24.4 Å². The van der Waals surface area contributed by atoms with E-state index in [1.807, 2.05) is 0 Å². The first-order chi connectivity index (χ1) is 17.7. The molecule has 0 saturated heterocycles. The summed E-state index contributed by atoms with van der Waals surface area (Å²) in [6.07, 6.45) is -9.45. The van der Waals surface area contributed by atoms with Crippen molar-refractivity contribution in [2.45, 2.75) is 59.9 Å². The van der Waals surface area contributed by atoms with Crippen LogP contribution in [-0.4, -0.2) is 25.8 Å². The van der Waals surface area contributed by atoms with Gasteiger partial charge in [0.2, 0.25) is 0 Å². The van der Waals surface area contributed by atoms with E-state index >= 15 is 0 Å². The van der Waals surface area contributed by atoms with E-state index in [4.69, 9.17) is 0 Å². The van der Waals surface area contributed by atoms with Gasteiger partial charge in [-0.05, 0) is 54.8 Å².